The number of nitrogens with one attached hydrogen (secondary N) is 2. The van der Waals surface area contributed by atoms with E-state index in [1.54, 1.807) is 7.05 Å². The van der Waals surface area contributed by atoms with Gasteiger partial charge in [0.05, 0.1) is 5.56 Å². The molecule has 0 saturated heterocycles. The van der Waals surface area contributed by atoms with E-state index >= 15 is 0 Å². The van der Waals surface area contributed by atoms with Gasteiger partial charge in [0.1, 0.15) is 0 Å². The molecule has 0 heterocycles. The first kappa shape index (κ1) is 11.0. The van der Waals surface area contributed by atoms with Crippen LogP contribution in [0.5, 0.6) is 0 Å². The highest BCUT2D eigenvalue weighted by molar-refractivity contribution is 5.99. The maximum atomic E-state index is 11.7. The molecule has 1 fully saturated rings. The second-order valence-corrected chi connectivity index (χ2v) is 4.25. The molecule has 3 nitrogen and oxygen atoms in total. The molecule has 2 rings (SSSR count). The third-order valence-corrected chi connectivity index (χ3v) is 3.11. The molecule has 0 aromatic heterocycles. The van der Waals surface area contributed by atoms with Crippen molar-refractivity contribution in [1.29, 1.82) is 0 Å². The molecule has 0 radical (unpaired) electrons. The Morgan fingerprint density at radius 2 is 1.94 bits per heavy atom. The summed E-state index contributed by atoms with van der Waals surface area (Å²) >= 11 is 0. The van der Waals surface area contributed by atoms with Crippen LogP contribution < -0.4 is 10.6 Å². The highest BCUT2D eigenvalue weighted by atomic mass is 16.1. The van der Waals surface area contributed by atoms with Crippen molar-refractivity contribution in [2.24, 2.45) is 0 Å². The molecule has 1 amide bonds. The monoisotopic (exact) mass is 218 g/mol. The second kappa shape index (κ2) is 5.01. The third-order valence-electron chi connectivity index (χ3n) is 3.11. The smallest absolute Gasteiger partial charge is 0.253 e. The van der Waals surface area contributed by atoms with Crippen LogP contribution in [0.1, 0.15) is 36.0 Å². The number of hydrogen-bond donors (Lipinski definition) is 2. The summed E-state index contributed by atoms with van der Waals surface area (Å²) in [6, 6.07) is 8.22. The molecule has 1 aliphatic carbocycles. The maximum Gasteiger partial charge on any atom is 0.253 e. The van der Waals surface area contributed by atoms with E-state index in [4.69, 9.17) is 0 Å². The van der Waals surface area contributed by atoms with Crippen LogP contribution >= 0.6 is 0 Å². The Kier molecular flexibility index (Phi) is 3.44. The predicted octanol–water partition coefficient (Wildman–Crippen LogP) is 2.40. The normalized spacial score (nSPS) is 16.1. The molecule has 0 spiro atoms. The first-order valence-electron chi connectivity index (χ1n) is 5.89. The van der Waals surface area contributed by atoms with Gasteiger partial charge < -0.3 is 10.6 Å². The van der Waals surface area contributed by atoms with Crippen LogP contribution in [-0.4, -0.2) is 19.0 Å². The topological polar surface area (TPSA) is 41.1 Å². The van der Waals surface area contributed by atoms with Gasteiger partial charge in [0.25, 0.3) is 5.91 Å². The number of amides is 1. The zero-order valence-electron chi connectivity index (χ0n) is 9.62. The number of carbonyl (C=O) groups excluding carboxylic acids is 1. The lowest BCUT2D eigenvalue weighted by molar-refractivity contribution is 0.0964. The minimum atomic E-state index is -0.0268. The van der Waals surface area contributed by atoms with Crippen molar-refractivity contribution in [3.8, 4) is 0 Å². The van der Waals surface area contributed by atoms with Crippen molar-refractivity contribution in [2.75, 3.05) is 12.4 Å². The van der Waals surface area contributed by atoms with Crippen LogP contribution in [0.3, 0.4) is 0 Å². The Labute approximate surface area is 96.2 Å². The molecule has 86 valence electrons. The van der Waals surface area contributed by atoms with Gasteiger partial charge in [-0.3, -0.25) is 4.79 Å². The Balaban J connectivity index is 2.15. The molecule has 16 heavy (non-hydrogen) atoms. The van der Waals surface area contributed by atoms with Gasteiger partial charge in [0.15, 0.2) is 0 Å². The van der Waals surface area contributed by atoms with Gasteiger partial charge >= 0.3 is 0 Å². The third kappa shape index (κ3) is 2.35. The average Bonchev–Trinajstić information content (AvgIpc) is 2.82. The first-order chi connectivity index (χ1) is 7.81. The molecular formula is C13H18N2O. The first-order valence-corrected chi connectivity index (χ1v) is 5.89. The van der Waals surface area contributed by atoms with Gasteiger partial charge in [-0.2, -0.15) is 0 Å². The molecule has 0 aliphatic heterocycles. The van der Waals surface area contributed by atoms with Crippen molar-refractivity contribution in [3.05, 3.63) is 29.8 Å². The highest BCUT2D eigenvalue weighted by Crippen LogP contribution is 2.24. The van der Waals surface area contributed by atoms with E-state index in [9.17, 15) is 4.79 Å². The van der Waals surface area contributed by atoms with Crippen molar-refractivity contribution in [3.63, 3.8) is 0 Å². The van der Waals surface area contributed by atoms with E-state index in [0.717, 1.165) is 11.3 Å². The number of rotatable bonds is 3. The van der Waals surface area contributed by atoms with E-state index in [1.165, 1.54) is 25.7 Å². The van der Waals surface area contributed by atoms with Crippen molar-refractivity contribution in [1.82, 2.24) is 5.32 Å². The lowest BCUT2D eigenvalue weighted by Gasteiger charge is -2.16. The summed E-state index contributed by atoms with van der Waals surface area (Å²) in [5.74, 6) is -0.0268. The van der Waals surface area contributed by atoms with E-state index in [2.05, 4.69) is 10.6 Å². The number of carbonyl (C=O) groups is 1. The van der Waals surface area contributed by atoms with E-state index in [0.29, 0.717) is 6.04 Å². The van der Waals surface area contributed by atoms with Crippen LogP contribution in [0.4, 0.5) is 5.69 Å². The highest BCUT2D eigenvalue weighted by Gasteiger charge is 2.17. The van der Waals surface area contributed by atoms with E-state index < -0.39 is 0 Å². The minimum absolute atomic E-state index is 0.0268. The van der Waals surface area contributed by atoms with Crippen molar-refractivity contribution in [2.45, 2.75) is 31.7 Å². The van der Waals surface area contributed by atoms with Crippen LogP contribution in [0.15, 0.2) is 24.3 Å². The summed E-state index contributed by atoms with van der Waals surface area (Å²) in [7, 11) is 1.66. The zero-order chi connectivity index (χ0) is 11.4. The molecule has 1 aromatic carbocycles. The van der Waals surface area contributed by atoms with E-state index in [1.807, 2.05) is 24.3 Å². The molecular weight excluding hydrogens is 200 g/mol. The van der Waals surface area contributed by atoms with Gasteiger partial charge in [-0.1, -0.05) is 25.0 Å². The van der Waals surface area contributed by atoms with Gasteiger partial charge in [0, 0.05) is 18.8 Å². The maximum absolute atomic E-state index is 11.7. The summed E-state index contributed by atoms with van der Waals surface area (Å²) in [5, 5.41) is 6.13. The Hall–Kier alpha value is -1.51. The predicted molar refractivity (Wildman–Crippen MR) is 65.7 cm³/mol. The number of anilines is 1. The standard InChI is InChI=1S/C13H18N2O/c1-14-13(16)11-8-4-5-9-12(11)15-10-6-2-3-7-10/h4-5,8-10,15H,2-3,6-7H2,1H3,(H,14,16). The molecule has 2 N–H and O–H groups in total. The van der Waals surface area contributed by atoms with Crippen LogP contribution in [-0.2, 0) is 0 Å². The van der Waals surface area contributed by atoms with Gasteiger partial charge in [-0.15, -0.1) is 0 Å². The molecule has 0 bridgehead atoms. The van der Waals surface area contributed by atoms with Crippen LogP contribution in [0.2, 0.25) is 0 Å². The fourth-order valence-electron chi connectivity index (χ4n) is 2.23. The Bertz CT molecular complexity index is 370. The number of hydrogen-bond acceptors (Lipinski definition) is 2. The van der Waals surface area contributed by atoms with Gasteiger partial charge in [-0.05, 0) is 25.0 Å². The molecule has 0 unspecified atom stereocenters. The second-order valence-electron chi connectivity index (χ2n) is 4.25. The van der Waals surface area contributed by atoms with Crippen LogP contribution in [0.25, 0.3) is 0 Å². The molecule has 1 aliphatic rings. The lowest BCUT2D eigenvalue weighted by Crippen LogP contribution is -2.22. The number of benzene rings is 1. The summed E-state index contributed by atoms with van der Waals surface area (Å²) in [6.45, 7) is 0. The van der Waals surface area contributed by atoms with Crippen molar-refractivity contribution < 1.29 is 4.79 Å². The minimum Gasteiger partial charge on any atom is -0.382 e. The summed E-state index contributed by atoms with van der Waals surface area (Å²) in [4.78, 5) is 11.7. The van der Waals surface area contributed by atoms with E-state index in [-0.39, 0.29) is 5.91 Å². The van der Waals surface area contributed by atoms with Crippen LogP contribution in [0, 0.1) is 0 Å². The Morgan fingerprint density at radius 3 is 2.62 bits per heavy atom. The van der Waals surface area contributed by atoms with Gasteiger partial charge in [-0.25, -0.2) is 0 Å². The SMILES string of the molecule is CNC(=O)c1ccccc1NC1CCCC1. The zero-order valence-corrected chi connectivity index (χ0v) is 9.62. The summed E-state index contributed by atoms with van der Waals surface area (Å²) in [5.41, 5.74) is 1.69. The lowest BCUT2D eigenvalue weighted by atomic mass is 10.1. The molecule has 3 heteroatoms. The molecule has 1 saturated carbocycles. The quantitative estimate of drug-likeness (QED) is 0.818. The summed E-state index contributed by atoms with van der Waals surface area (Å²) in [6.07, 6.45) is 5.00. The van der Waals surface area contributed by atoms with Crippen molar-refractivity contribution >= 4 is 11.6 Å². The average molecular weight is 218 g/mol. The van der Waals surface area contributed by atoms with Gasteiger partial charge in [0.2, 0.25) is 0 Å². The fraction of sp³-hybridized carbons (Fsp3) is 0.462. The number of para-hydroxylation sites is 1. The Morgan fingerprint density at radius 1 is 1.25 bits per heavy atom. The fourth-order valence-corrected chi connectivity index (χ4v) is 2.23. The summed E-state index contributed by atoms with van der Waals surface area (Å²) < 4.78 is 0. The molecule has 1 aromatic rings. The largest absolute Gasteiger partial charge is 0.382 e. The molecule has 0 atom stereocenters.